The van der Waals surface area contributed by atoms with E-state index in [1.165, 1.54) is 23.2 Å². The summed E-state index contributed by atoms with van der Waals surface area (Å²) < 4.78 is 15.2. The van der Waals surface area contributed by atoms with Crippen LogP contribution in [0, 0.1) is 25.6 Å². The van der Waals surface area contributed by atoms with E-state index in [1.807, 2.05) is 13.0 Å². The number of amides is 4. The second kappa shape index (κ2) is 10.6. The lowest BCUT2D eigenvalue weighted by Crippen LogP contribution is -2.70. The maximum Gasteiger partial charge on any atom is 0.325 e. The number of aromatic nitrogens is 3. The number of imide groups is 1. The van der Waals surface area contributed by atoms with Crippen LogP contribution in [0.25, 0.3) is 0 Å². The van der Waals surface area contributed by atoms with Crippen LogP contribution in [0.2, 0.25) is 0 Å². The number of β-lactam (4-membered cyclic amide) rings is 1. The zero-order valence-electron chi connectivity index (χ0n) is 22.1. The molecule has 4 rings (SSSR count). The molecule has 4 amide bonds. The summed E-state index contributed by atoms with van der Waals surface area (Å²) in [5.41, 5.74) is 9.30. The monoisotopic (exact) mass is 521 g/mol. The summed E-state index contributed by atoms with van der Waals surface area (Å²) in [5.74, 6) is -1.69. The fourth-order valence-corrected chi connectivity index (χ4v) is 4.95. The summed E-state index contributed by atoms with van der Waals surface area (Å²) in [4.78, 5) is 47.0. The van der Waals surface area contributed by atoms with Crippen LogP contribution in [0.5, 0.6) is 0 Å². The van der Waals surface area contributed by atoms with Crippen LogP contribution < -0.4 is 16.0 Å². The second-order valence-electron chi connectivity index (χ2n) is 9.69. The molecule has 0 aliphatic carbocycles. The second-order valence-corrected chi connectivity index (χ2v) is 9.69. The number of aryl methyl sites for hydroxylation is 3. The Balaban J connectivity index is 1.62. The predicted molar refractivity (Wildman–Crippen MR) is 141 cm³/mol. The number of carbonyl (C=O) groups excluding carboxylic acids is 3. The SMILES string of the molecule is CC[C@@H](NC(=O)N1C(=O)[C@H](Cc2cc(C)nc(N)c2)[C@H]1C(=O)N(C)c1cnn(C)c1)c1ccc(F)cc1C. The van der Waals surface area contributed by atoms with Crippen molar-refractivity contribution in [3.8, 4) is 0 Å². The molecule has 10 nitrogen and oxygen atoms in total. The number of pyridine rings is 1. The molecule has 3 atom stereocenters. The molecule has 0 unspecified atom stereocenters. The zero-order valence-corrected chi connectivity index (χ0v) is 22.1. The molecule has 0 spiro atoms. The first kappa shape index (κ1) is 26.8. The van der Waals surface area contributed by atoms with Gasteiger partial charge in [0.1, 0.15) is 17.7 Å². The maximum absolute atomic E-state index is 13.7. The van der Waals surface area contributed by atoms with Gasteiger partial charge >= 0.3 is 6.03 Å². The lowest BCUT2D eigenvalue weighted by atomic mass is 9.81. The molecular formula is C27H32FN7O3. The minimum Gasteiger partial charge on any atom is -0.384 e. The van der Waals surface area contributed by atoms with E-state index in [2.05, 4.69) is 15.4 Å². The first-order chi connectivity index (χ1) is 18.0. The number of nitrogen functional groups attached to an aromatic ring is 1. The Morgan fingerprint density at radius 3 is 2.58 bits per heavy atom. The molecule has 200 valence electrons. The van der Waals surface area contributed by atoms with E-state index in [1.54, 1.807) is 51.0 Å². The zero-order chi connectivity index (χ0) is 27.7. The molecule has 3 N–H and O–H groups in total. The molecule has 1 saturated heterocycles. The molecule has 1 aromatic carbocycles. The molecular weight excluding hydrogens is 489 g/mol. The number of halogens is 1. The van der Waals surface area contributed by atoms with Crippen LogP contribution in [-0.4, -0.2) is 50.6 Å². The molecule has 0 saturated carbocycles. The van der Waals surface area contributed by atoms with Gasteiger partial charge in [0.05, 0.1) is 23.8 Å². The summed E-state index contributed by atoms with van der Waals surface area (Å²) in [6, 6.07) is 5.65. The van der Waals surface area contributed by atoms with Gasteiger partial charge in [-0.1, -0.05) is 13.0 Å². The van der Waals surface area contributed by atoms with Crippen LogP contribution in [-0.2, 0) is 23.1 Å². The number of carbonyl (C=O) groups is 3. The number of nitrogens with one attached hydrogen (secondary N) is 1. The first-order valence-corrected chi connectivity index (χ1v) is 12.4. The molecule has 2 aromatic heterocycles. The van der Waals surface area contributed by atoms with Crippen molar-refractivity contribution in [3.05, 3.63) is 70.9 Å². The van der Waals surface area contributed by atoms with Gasteiger partial charge in [-0.3, -0.25) is 19.2 Å². The highest BCUT2D eigenvalue weighted by molar-refractivity contribution is 6.12. The number of likely N-dealkylation sites (tertiary alicyclic amines) is 1. The third kappa shape index (κ3) is 5.22. The molecule has 11 heteroatoms. The van der Waals surface area contributed by atoms with Crippen molar-refractivity contribution in [2.75, 3.05) is 17.7 Å². The molecule has 1 aliphatic rings. The first-order valence-electron chi connectivity index (χ1n) is 12.4. The number of urea groups is 1. The van der Waals surface area contributed by atoms with Crippen LogP contribution in [0.1, 0.15) is 41.8 Å². The van der Waals surface area contributed by atoms with Crippen molar-refractivity contribution in [1.82, 2.24) is 25.0 Å². The van der Waals surface area contributed by atoms with Crippen molar-refractivity contribution in [3.63, 3.8) is 0 Å². The molecule has 1 aliphatic heterocycles. The molecule has 1 fully saturated rings. The number of rotatable bonds is 7. The Morgan fingerprint density at radius 1 is 1.24 bits per heavy atom. The van der Waals surface area contributed by atoms with Gasteiger partial charge in [-0.2, -0.15) is 5.10 Å². The van der Waals surface area contributed by atoms with Gasteiger partial charge in [-0.25, -0.2) is 14.2 Å². The summed E-state index contributed by atoms with van der Waals surface area (Å²) >= 11 is 0. The van der Waals surface area contributed by atoms with Crippen LogP contribution in [0.3, 0.4) is 0 Å². The lowest BCUT2D eigenvalue weighted by Gasteiger charge is -2.46. The van der Waals surface area contributed by atoms with Gasteiger partial charge in [0.2, 0.25) is 5.91 Å². The fraction of sp³-hybridized carbons (Fsp3) is 0.370. The average Bonchev–Trinajstić information content (AvgIpc) is 3.29. The van der Waals surface area contributed by atoms with Crippen molar-refractivity contribution >= 4 is 29.4 Å². The smallest absolute Gasteiger partial charge is 0.325 e. The number of nitrogens with zero attached hydrogens (tertiary/aromatic N) is 5. The molecule has 3 aromatic rings. The predicted octanol–water partition coefficient (Wildman–Crippen LogP) is 3.05. The lowest BCUT2D eigenvalue weighted by molar-refractivity contribution is -0.156. The van der Waals surface area contributed by atoms with Crippen molar-refractivity contribution in [2.45, 2.75) is 45.7 Å². The van der Waals surface area contributed by atoms with Crippen molar-refractivity contribution < 1.29 is 18.8 Å². The van der Waals surface area contributed by atoms with Gasteiger partial charge in [-0.05, 0) is 67.6 Å². The summed E-state index contributed by atoms with van der Waals surface area (Å²) in [6.07, 6.45) is 3.94. The standard InChI is InChI=1S/C27H32FN7O3/c1-6-22(20-8-7-18(28)9-15(20)2)32-27(38)35-24(26(37)34(5)19-13-30-33(4)14-19)21(25(35)36)11-17-10-16(3)31-23(29)12-17/h7-10,12-14,21-22,24H,6,11H2,1-5H3,(H2,29,31)(H,32,38)/t21-,22-,24+/m1/s1. The van der Waals surface area contributed by atoms with Crippen LogP contribution in [0.4, 0.5) is 20.7 Å². The highest BCUT2D eigenvalue weighted by Crippen LogP contribution is 2.34. The number of likely N-dealkylation sites (N-methyl/N-ethyl adjacent to an activating group) is 1. The Labute approximate surface area is 220 Å². The quantitative estimate of drug-likeness (QED) is 0.460. The third-order valence-corrected chi connectivity index (χ3v) is 6.90. The minimum atomic E-state index is -1.03. The Morgan fingerprint density at radius 2 is 1.97 bits per heavy atom. The van der Waals surface area contributed by atoms with E-state index in [9.17, 15) is 18.8 Å². The van der Waals surface area contributed by atoms with E-state index in [-0.39, 0.29) is 12.2 Å². The normalized spacial score (nSPS) is 17.6. The van der Waals surface area contributed by atoms with Gasteiger partial charge in [-0.15, -0.1) is 0 Å². The van der Waals surface area contributed by atoms with Gasteiger partial charge < -0.3 is 16.0 Å². The van der Waals surface area contributed by atoms with E-state index in [4.69, 9.17) is 5.73 Å². The number of anilines is 2. The highest BCUT2D eigenvalue weighted by Gasteiger charge is 2.55. The van der Waals surface area contributed by atoms with E-state index in [0.29, 0.717) is 29.2 Å². The summed E-state index contributed by atoms with van der Waals surface area (Å²) in [6.45, 7) is 5.43. The van der Waals surface area contributed by atoms with Crippen LogP contribution >= 0.6 is 0 Å². The molecule has 38 heavy (non-hydrogen) atoms. The molecule has 3 heterocycles. The highest BCUT2D eigenvalue weighted by atomic mass is 19.1. The average molecular weight is 522 g/mol. The van der Waals surface area contributed by atoms with Crippen molar-refractivity contribution in [1.29, 1.82) is 0 Å². The molecule has 0 radical (unpaired) electrons. The number of hydrogen-bond acceptors (Lipinski definition) is 6. The van der Waals surface area contributed by atoms with E-state index in [0.717, 1.165) is 16.0 Å². The summed E-state index contributed by atoms with van der Waals surface area (Å²) in [5, 5.41) is 6.98. The largest absolute Gasteiger partial charge is 0.384 e. The van der Waals surface area contributed by atoms with Gasteiger partial charge in [0.25, 0.3) is 5.91 Å². The topological polar surface area (TPSA) is 126 Å². The third-order valence-electron chi connectivity index (χ3n) is 6.90. The van der Waals surface area contributed by atoms with E-state index < -0.39 is 35.8 Å². The fourth-order valence-electron chi connectivity index (χ4n) is 4.95. The Kier molecular flexibility index (Phi) is 7.47. The molecule has 0 bridgehead atoms. The maximum atomic E-state index is 13.7. The minimum absolute atomic E-state index is 0.224. The number of nitrogens with two attached hydrogens (primary N) is 1. The number of hydrogen-bond donors (Lipinski definition) is 2. The Hall–Kier alpha value is -4.28. The Bertz CT molecular complexity index is 1370. The van der Waals surface area contributed by atoms with E-state index >= 15 is 0 Å². The van der Waals surface area contributed by atoms with Crippen molar-refractivity contribution in [2.24, 2.45) is 13.0 Å². The van der Waals surface area contributed by atoms with Gasteiger partial charge in [0, 0.05) is 26.0 Å². The van der Waals surface area contributed by atoms with Gasteiger partial charge in [0.15, 0.2) is 0 Å². The number of benzene rings is 1. The summed E-state index contributed by atoms with van der Waals surface area (Å²) in [7, 11) is 3.32. The van der Waals surface area contributed by atoms with Crippen LogP contribution in [0.15, 0.2) is 42.7 Å².